The van der Waals surface area contributed by atoms with E-state index in [0.29, 0.717) is 5.56 Å². The van der Waals surface area contributed by atoms with Crippen molar-refractivity contribution >= 4 is 34.5 Å². The van der Waals surface area contributed by atoms with Crippen molar-refractivity contribution < 1.29 is 18.0 Å². The summed E-state index contributed by atoms with van der Waals surface area (Å²) in [5.41, 5.74) is 0.366. The monoisotopic (exact) mass is 381 g/mol. The third-order valence-corrected chi connectivity index (χ3v) is 4.73. The summed E-state index contributed by atoms with van der Waals surface area (Å²) in [4.78, 5) is 13.3. The lowest BCUT2D eigenvalue weighted by molar-refractivity contribution is -0.137. The molecule has 0 aliphatic heterocycles. The van der Waals surface area contributed by atoms with Gasteiger partial charge in [-0.1, -0.05) is 29.8 Å². The first-order valence-electron chi connectivity index (χ1n) is 7.16. The number of hydrogen-bond acceptors (Lipinski definition) is 2. The fourth-order valence-corrected chi connectivity index (χ4v) is 3.21. The topological polar surface area (TPSA) is 29.1 Å². The van der Waals surface area contributed by atoms with E-state index in [4.69, 9.17) is 11.6 Å². The molecular formula is C18H11ClF3NOS. The van der Waals surface area contributed by atoms with Gasteiger partial charge in [0.25, 0.3) is 5.91 Å². The molecule has 128 valence electrons. The highest BCUT2D eigenvalue weighted by molar-refractivity contribution is 7.13. The number of halogens is 4. The van der Waals surface area contributed by atoms with Crippen molar-refractivity contribution in [3.8, 4) is 10.4 Å². The first-order valence-corrected chi connectivity index (χ1v) is 8.42. The van der Waals surface area contributed by atoms with Crippen molar-refractivity contribution in [2.75, 3.05) is 5.32 Å². The van der Waals surface area contributed by atoms with Crippen LogP contribution in [0.5, 0.6) is 0 Å². The van der Waals surface area contributed by atoms with E-state index in [1.54, 1.807) is 35.6 Å². The van der Waals surface area contributed by atoms with Gasteiger partial charge in [-0.25, -0.2) is 0 Å². The molecule has 0 saturated carbocycles. The summed E-state index contributed by atoms with van der Waals surface area (Å²) in [5, 5.41) is 4.00. The molecule has 1 heterocycles. The zero-order valence-corrected chi connectivity index (χ0v) is 14.2. The second kappa shape index (κ2) is 6.90. The molecule has 0 atom stereocenters. The lowest BCUT2D eigenvalue weighted by atomic mass is 10.1. The van der Waals surface area contributed by atoms with E-state index in [-0.39, 0.29) is 5.69 Å². The molecule has 2 nitrogen and oxygen atoms in total. The Hall–Kier alpha value is -2.31. The summed E-state index contributed by atoms with van der Waals surface area (Å²) in [6.45, 7) is 0. The third kappa shape index (κ3) is 4.03. The van der Waals surface area contributed by atoms with Gasteiger partial charge >= 0.3 is 6.18 Å². The molecule has 0 aliphatic carbocycles. The molecule has 1 amide bonds. The minimum atomic E-state index is -4.58. The average Bonchev–Trinajstić information content (AvgIpc) is 3.10. The van der Waals surface area contributed by atoms with Gasteiger partial charge in [0.05, 0.1) is 10.6 Å². The fourth-order valence-electron chi connectivity index (χ4n) is 2.25. The van der Waals surface area contributed by atoms with Crippen molar-refractivity contribution in [3.63, 3.8) is 0 Å². The molecule has 7 heteroatoms. The molecule has 2 aromatic carbocycles. The Morgan fingerprint density at radius 3 is 2.36 bits per heavy atom. The number of anilines is 1. The maximum Gasteiger partial charge on any atom is 0.417 e. The minimum Gasteiger partial charge on any atom is -0.322 e. The Balaban J connectivity index is 1.78. The number of carbonyl (C=O) groups is 1. The number of rotatable bonds is 3. The van der Waals surface area contributed by atoms with E-state index < -0.39 is 22.7 Å². The number of amides is 1. The van der Waals surface area contributed by atoms with Crippen LogP contribution in [-0.2, 0) is 6.18 Å². The molecule has 0 radical (unpaired) electrons. The number of carbonyl (C=O) groups excluding carboxylic acids is 1. The van der Waals surface area contributed by atoms with Crippen molar-refractivity contribution in [1.29, 1.82) is 0 Å². The van der Waals surface area contributed by atoms with E-state index in [0.717, 1.165) is 22.6 Å². The molecule has 0 unspecified atom stereocenters. The first-order chi connectivity index (χ1) is 11.8. The lowest BCUT2D eigenvalue weighted by Gasteiger charge is -2.12. The van der Waals surface area contributed by atoms with Crippen LogP contribution in [0.4, 0.5) is 18.9 Å². The first kappa shape index (κ1) is 17.5. The summed E-state index contributed by atoms with van der Waals surface area (Å²) in [5.74, 6) is -0.492. The molecule has 25 heavy (non-hydrogen) atoms. The van der Waals surface area contributed by atoms with Gasteiger partial charge in [-0.2, -0.15) is 13.2 Å². The molecule has 1 N–H and O–H groups in total. The molecule has 3 rings (SSSR count). The Morgan fingerprint density at radius 2 is 1.76 bits per heavy atom. The maximum atomic E-state index is 12.9. The molecule has 1 aromatic heterocycles. The lowest BCUT2D eigenvalue weighted by Crippen LogP contribution is -2.13. The number of benzene rings is 2. The highest BCUT2D eigenvalue weighted by Gasteiger charge is 2.33. The largest absolute Gasteiger partial charge is 0.417 e. The fraction of sp³-hybridized carbons (Fsp3) is 0.0556. The van der Waals surface area contributed by atoms with E-state index in [1.165, 1.54) is 6.07 Å². The number of thiophene rings is 1. The second-order valence-electron chi connectivity index (χ2n) is 5.20. The van der Waals surface area contributed by atoms with E-state index >= 15 is 0 Å². The van der Waals surface area contributed by atoms with Crippen LogP contribution in [0.3, 0.4) is 0 Å². The van der Waals surface area contributed by atoms with E-state index in [1.807, 2.05) is 17.5 Å². The van der Waals surface area contributed by atoms with Crippen molar-refractivity contribution in [2.45, 2.75) is 6.18 Å². The summed E-state index contributed by atoms with van der Waals surface area (Å²) in [6, 6.07) is 14.0. The SMILES string of the molecule is O=C(Nc1ccc(Cl)c(C(F)(F)F)c1)c1ccc(-c2cccs2)cc1. The summed E-state index contributed by atoms with van der Waals surface area (Å²) >= 11 is 7.15. The van der Waals surface area contributed by atoms with Crippen LogP contribution in [0.1, 0.15) is 15.9 Å². The average molecular weight is 382 g/mol. The Labute approximate surface area is 150 Å². The van der Waals surface area contributed by atoms with Crippen molar-refractivity contribution in [2.24, 2.45) is 0 Å². The Morgan fingerprint density at radius 1 is 1.04 bits per heavy atom. The van der Waals surface area contributed by atoms with Crippen LogP contribution in [0.25, 0.3) is 10.4 Å². The van der Waals surface area contributed by atoms with E-state index in [2.05, 4.69) is 5.32 Å². The normalized spacial score (nSPS) is 11.4. The summed E-state index contributed by atoms with van der Waals surface area (Å²) in [6.07, 6.45) is -4.58. The Kier molecular flexibility index (Phi) is 4.83. The molecule has 0 spiro atoms. The Bertz CT molecular complexity index is 890. The van der Waals surface area contributed by atoms with Gasteiger partial charge in [0.2, 0.25) is 0 Å². The van der Waals surface area contributed by atoms with Crippen LogP contribution in [-0.4, -0.2) is 5.91 Å². The van der Waals surface area contributed by atoms with Crippen LogP contribution in [0.15, 0.2) is 60.0 Å². The predicted molar refractivity (Wildman–Crippen MR) is 94.2 cm³/mol. The smallest absolute Gasteiger partial charge is 0.322 e. The third-order valence-electron chi connectivity index (χ3n) is 3.48. The van der Waals surface area contributed by atoms with Crippen LogP contribution in [0.2, 0.25) is 5.02 Å². The van der Waals surface area contributed by atoms with Gasteiger partial charge < -0.3 is 5.32 Å². The highest BCUT2D eigenvalue weighted by atomic mass is 35.5. The van der Waals surface area contributed by atoms with Crippen LogP contribution < -0.4 is 5.32 Å². The highest BCUT2D eigenvalue weighted by Crippen LogP contribution is 2.36. The van der Waals surface area contributed by atoms with Gasteiger partial charge in [0.15, 0.2) is 0 Å². The van der Waals surface area contributed by atoms with Crippen molar-refractivity contribution in [3.05, 3.63) is 76.1 Å². The molecule has 0 bridgehead atoms. The van der Waals surface area contributed by atoms with Crippen LogP contribution >= 0.6 is 22.9 Å². The summed E-state index contributed by atoms with van der Waals surface area (Å²) in [7, 11) is 0. The second-order valence-corrected chi connectivity index (χ2v) is 6.56. The van der Waals surface area contributed by atoms with Crippen molar-refractivity contribution in [1.82, 2.24) is 0 Å². The zero-order valence-electron chi connectivity index (χ0n) is 12.6. The molecular weight excluding hydrogens is 371 g/mol. The van der Waals surface area contributed by atoms with Crippen LogP contribution in [0, 0.1) is 0 Å². The zero-order chi connectivity index (χ0) is 18.0. The van der Waals surface area contributed by atoms with Gasteiger partial charge in [0, 0.05) is 16.1 Å². The molecule has 0 saturated heterocycles. The predicted octanol–water partition coefficient (Wildman–Crippen LogP) is 6.34. The van der Waals surface area contributed by atoms with Gasteiger partial charge in [-0.05, 0) is 47.3 Å². The van der Waals surface area contributed by atoms with Gasteiger partial charge in [-0.3, -0.25) is 4.79 Å². The number of hydrogen-bond donors (Lipinski definition) is 1. The van der Waals surface area contributed by atoms with Gasteiger partial charge in [-0.15, -0.1) is 11.3 Å². The number of nitrogens with one attached hydrogen (secondary N) is 1. The summed E-state index contributed by atoms with van der Waals surface area (Å²) < 4.78 is 38.6. The molecule has 3 aromatic rings. The van der Waals surface area contributed by atoms with Gasteiger partial charge in [0.1, 0.15) is 0 Å². The standard InChI is InChI=1S/C18H11ClF3NOS/c19-15-8-7-13(10-14(15)18(20,21)22)23-17(24)12-5-3-11(4-6-12)16-2-1-9-25-16/h1-10H,(H,23,24). The molecule has 0 fully saturated rings. The maximum absolute atomic E-state index is 12.9. The minimum absolute atomic E-state index is 0.0315. The molecule has 0 aliphatic rings. The quantitative estimate of drug-likeness (QED) is 0.563. The number of alkyl halides is 3. The van der Waals surface area contributed by atoms with E-state index in [9.17, 15) is 18.0 Å².